The van der Waals surface area contributed by atoms with E-state index in [1.165, 1.54) is 0 Å². The van der Waals surface area contributed by atoms with E-state index in [9.17, 15) is 0 Å². The van der Waals surface area contributed by atoms with Crippen molar-refractivity contribution in [2.24, 2.45) is 0 Å². The molecular weight excluding hydrogens is 228 g/mol. The average molecular weight is 242 g/mol. The highest BCUT2D eigenvalue weighted by atomic mass is 16.5. The van der Waals surface area contributed by atoms with Crippen molar-refractivity contribution in [3.05, 3.63) is 36.2 Å². The van der Waals surface area contributed by atoms with Crippen LogP contribution in [-0.4, -0.2) is 14.8 Å². The second kappa shape index (κ2) is 3.87. The molecule has 3 heterocycles. The molecule has 0 aliphatic heterocycles. The van der Waals surface area contributed by atoms with Gasteiger partial charge >= 0.3 is 0 Å². The summed E-state index contributed by atoms with van der Waals surface area (Å²) in [6.07, 6.45) is 3.69. The molecule has 0 fully saturated rings. The van der Waals surface area contributed by atoms with E-state index in [4.69, 9.17) is 10.3 Å². The predicted octanol–water partition coefficient (Wildman–Crippen LogP) is 2.69. The van der Waals surface area contributed by atoms with E-state index in [0.717, 1.165) is 22.3 Å². The molecule has 0 atom stereocenters. The third-order valence-electron chi connectivity index (χ3n) is 3.01. The molecule has 3 aromatic rings. The molecule has 0 aliphatic carbocycles. The van der Waals surface area contributed by atoms with Gasteiger partial charge in [0.1, 0.15) is 5.69 Å². The maximum absolute atomic E-state index is 5.84. The van der Waals surface area contributed by atoms with Gasteiger partial charge in [0.05, 0.1) is 11.7 Å². The number of nitrogens with two attached hydrogens (primary N) is 1. The van der Waals surface area contributed by atoms with Gasteiger partial charge in [-0.3, -0.25) is 0 Å². The van der Waals surface area contributed by atoms with Gasteiger partial charge in [-0.2, -0.15) is 5.10 Å². The molecule has 18 heavy (non-hydrogen) atoms. The Kier molecular flexibility index (Phi) is 2.33. The van der Waals surface area contributed by atoms with Gasteiger partial charge in [0.2, 0.25) is 5.88 Å². The van der Waals surface area contributed by atoms with Crippen LogP contribution in [0.2, 0.25) is 0 Å². The highest BCUT2D eigenvalue weighted by molar-refractivity contribution is 5.81. The van der Waals surface area contributed by atoms with Gasteiger partial charge in [0, 0.05) is 17.3 Å². The monoisotopic (exact) mass is 242 g/mol. The summed E-state index contributed by atoms with van der Waals surface area (Å²) in [5.74, 6) is 0.639. The van der Waals surface area contributed by atoms with Gasteiger partial charge in [-0.15, -0.1) is 0 Å². The summed E-state index contributed by atoms with van der Waals surface area (Å²) in [7, 11) is 0. The van der Waals surface area contributed by atoms with Crippen LogP contribution in [0.4, 0.5) is 5.88 Å². The Labute approximate surface area is 104 Å². The first-order valence-electron chi connectivity index (χ1n) is 5.86. The molecule has 0 amide bonds. The molecule has 0 aliphatic rings. The van der Waals surface area contributed by atoms with Crippen LogP contribution in [0.15, 0.2) is 35.1 Å². The van der Waals surface area contributed by atoms with Crippen LogP contribution in [0.25, 0.3) is 16.8 Å². The van der Waals surface area contributed by atoms with Crippen LogP contribution >= 0.6 is 0 Å². The minimum absolute atomic E-state index is 0.255. The average Bonchev–Trinajstić information content (AvgIpc) is 2.92. The smallest absolute Gasteiger partial charge is 0.226 e. The zero-order valence-electron chi connectivity index (χ0n) is 10.3. The van der Waals surface area contributed by atoms with E-state index in [1.807, 2.05) is 28.9 Å². The van der Waals surface area contributed by atoms with Crippen molar-refractivity contribution >= 4 is 11.4 Å². The Morgan fingerprint density at radius 1 is 1.33 bits per heavy atom. The van der Waals surface area contributed by atoms with Crippen LogP contribution in [0.1, 0.15) is 25.3 Å². The summed E-state index contributed by atoms with van der Waals surface area (Å²) in [5, 5.41) is 8.38. The number of anilines is 1. The first-order valence-corrected chi connectivity index (χ1v) is 5.86. The summed E-state index contributed by atoms with van der Waals surface area (Å²) in [4.78, 5) is 0. The Bertz CT molecular complexity index is 696. The Hall–Kier alpha value is -2.30. The molecule has 5 nitrogen and oxygen atoms in total. The molecular formula is C13H14N4O. The number of hydrogen-bond acceptors (Lipinski definition) is 4. The van der Waals surface area contributed by atoms with E-state index < -0.39 is 0 Å². The third-order valence-corrected chi connectivity index (χ3v) is 3.01. The van der Waals surface area contributed by atoms with E-state index >= 15 is 0 Å². The number of hydrogen-bond donors (Lipinski definition) is 1. The fraction of sp³-hybridized carbons (Fsp3) is 0.231. The largest absolute Gasteiger partial charge is 0.367 e. The minimum atomic E-state index is 0.255. The second-order valence-electron chi connectivity index (χ2n) is 4.55. The van der Waals surface area contributed by atoms with E-state index in [2.05, 4.69) is 24.1 Å². The van der Waals surface area contributed by atoms with Crippen molar-refractivity contribution in [1.82, 2.24) is 14.8 Å². The number of fused-ring (bicyclic) bond motifs is 1. The Morgan fingerprint density at radius 2 is 2.17 bits per heavy atom. The van der Waals surface area contributed by atoms with Crippen LogP contribution in [0.5, 0.6) is 0 Å². The number of aromatic nitrogens is 3. The van der Waals surface area contributed by atoms with Crippen molar-refractivity contribution in [2.45, 2.75) is 19.8 Å². The highest BCUT2D eigenvalue weighted by Gasteiger charge is 2.20. The molecule has 3 aromatic heterocycles. The van der Waals surface area contributed by atoms with Crippen LogP contribution < -0.4 is 5.73 Å². The van der Waals surface area contributed by atoms with Gasteiger partial charge < -0.3 is 10.3 Å². The van der Waals surface area contributed by atoms with Crippen molar-refractivity contribution in [3.63, 3.8) is 0 Å². The number of pyridine rings is 1. The first-order chi connectivity index (χ1) is 8.68. The topological polar surface area (TPSA) is 69.3 Å². The van der Waals surface area contributed by atoms with Crippen molar-refractivity contribution < 1.29 is 4.52 Å². The van der Waals surface area contributed by atoms with E-state index in [-0.39, 0.29) is 5.92 Å². The molecule has 92 valence electrons. The van der Waals surface area contributed by atoms with E-state index in [0.29, 0.717) is 5.88 Å². The molecule has 2 N–H and O–H groups in total. The summed E-state index contributed by atoms with van der Waals surface area (Å²) in [6.45, 7) is 4.14. The molecule has 0 saturated heterocycles. The second-order valence-corrected chi connectivity index (χ2v) is 4.55. The molecule has 5 heteroatoms. The lowest BCUT2D eigenvalue weighted by Crippen LogP contribution is -1.94. The molecule has 0 aromatic carbocycles. The lowest BCUT2D eigenvalue weighted by Gasteiger charge is -2.04. The SMILES string of the molecule is CC(C)c1c(-c2cnn3ccccc23)noc1N. The summed E-state index contributed by atoms with van der Waals surface area (Å²) in [5.41, 5.74) is 9.49. The molecule has 0 unspecified atom stereocenters. The van der Waals surface area contributed by atoms with Gasteiger partial charge in [-0.05, 0) is 18.1 Å². The molecule has 0 saturated carbocycles. The molecule has 3 rings (SSSR count). The minimum Gasteiger partial charge on any atom is -0.367 e. The van der Waals surface area contributed by atoms with Gasteiger partial charge in [0.25, 0.3) is 0 Å². The summed E-state index contributed by atoms with van der Waals surface area (Å²) >= 11 is 0. The molecule has 0 spiro atoms. The molecule has 0 bridgehead atoms. The number of nitrogens with zero attached hydrogens (tertiary/aromatic N) is 3. The fourth-order valence-electron chi connectivity index (χ4n) is 2.18. The maximum Gasteiger partial charge on any atom is 0.226 e. The Balaban J connectivity index is 2.27. The molecule has 0 radical (unpaired) electrons. The lowest BCUT2D eigenvalue weighted by atomic mass is 9.99. The normalized spacial score (nSPS) is 11.5. The van der Waals surface area contributed by atoms with Gasteiger partial charge in [-0.25, -0.2) is 4.52 Å². The van der Waals surface area contributed by atoms with Crippen LogP contribution in [0.3, 0.4) is 0 Å². The zero-order valence-corrected chi connectivity index (χ0v) is 10.3. The van der Waals surface area contributed by atoms with Crippen molar-refractivity contribution in [3.8, 4) is 11.3 Å². The summed E-state index contributed by atoms with van der Waals surface area (Å²) < 4.78 is 6.93. The predicted molar refractivity (Wildman–Crippen MR) is 69.2 cm³/mol. The van der Waals surface area contributed by atoms with Crippen molar-refractivity contribution in [1.29, 1.82) is 0 Å². The third kappa shape index (κ3) is 1.48. The van der Waals surface area contributed by atoms with Gasteiger partial charge in [0.15, 0.2) is 0 Å². The highest BCUT2D eigenvalue weighted by Crippen LogP contribution is 2.34. The van der Waals surface area contributed by atoms with Crippen LogP contribution in [0, 0.1) is 0 Å². The fourth-order valence-corrected chi connectivity index (χ4v) is 2.18. The van der Waals surface area contributed by atoms with Crippen LogP contribution in [-0.2, 0) is 0 Å². The van der Waals surface area contributed by atoms with Crippen molar-refractivity contribution in [2.75, 3.05) is 5.73 Å². The Morgan fingerprint density at radius 3 is 2.94 bits per heavy atom. The first kappa shape index (κ1) is 10.8. The standard InChI is InChI=1S/C13H14N4O/c1-8(2)11-12(16-18-13(11)14)9-7-15-17-6-4-3-5-10(9)17/h3-8H,14H2,1-2H3. The summed E-state index contributed by atoms with van der Waals surface area (Å²) in [6, 6.07) is 5.90. The van der Waals surface area contributed by atoms with E-state index in [1.54, 1.807) is 6.20 Å². The number of nitrogen functional groups attached to an aromatic ring is 1. The number of rotatable bonds is 2. The maximum atomic E-state index is 5.84. The zero-order chi connectivity index (χ0) is 12.7. The lowest BCUT2D eigenvalue weighted by molar-refractivity contribution is 0.438. The van der Waals surface area contributed by atoms with Gasteiger partial charge in [-0.1, -0.05) is 25.1 Å². The quantitative estimate of drug-likeness (QED) is 0.750.